The number of hydrogen-bond acceptors (Lipinski definition) is 7. The van der Waals surface area contributed by atoms with E-state index in [0.29, 0.717) is 35.8 Å². The highest BCUT2D eigenvalue weighted by molar-refractivity contribution is 6.36. The number of aromatic nitrogens is 3. The molecule has 4 N–H and O–H groups in total. The molecule has 9 nitrogen and oxygen atoms in total. The number of carbonyl (C=O) groups excluding carboxylic acids is 1. The zero-order valence-corrected chi connectivity index (χ0v) is 17.4. The van der Waals surface area contributed by atoms with E-state index < -0.39 is 0 Å². The fraction of sp³-hybridized carbons (Fsp3) is 0.350. The number of rotatable bonds is 9. The van der Waals surface area contributed by atoms with Gasteiger partial charge in [0.1, 0.15) is 19.5 Å². The Labute approximate surface area is 176 Å². The second-order valence-electron chi connectivity index (χ2n) is 7.43. The molecule has 0 saturated carbocycles. The third-order valence-electron chi connectivity index (χ3n) is 4.34. The summed E-state index contributed by atoms with van der Waals surface area (Å²) in [4.78, 5) is 18.1. The van der Waals surface area contributed by atoms with E-state index in [1.165, 1.54) is 0 Å². The largest absolute Gasteiger partial charge is 0.394 e. The molecule has 3 rings (SSSR count). The van der Waals surface area contributed by atoms with Crippen LogP contribution < -0.4 is 21.4 Å². The van der Waals surface area contributed by atoms with Gasteiger partial charge in [0, 0.05) is 30.5 Å². The Morgan fingerprint density at radius 2 is 2.03 bits per heavy atom. The van der Waals surface area contributed by atoms with Gasteiger partial charge in [-0.05, 0) is 44.2 Å². The monoisotopic (exact) mass is 407 g/mol. The number of nitrogens with zero attached hydrogens (tertiary/aromatic N) is 4. The van der Waals surface area contributed by atoms with E-state index in [4.69, 9.17) is 7.85 Å². The lowest BCUT2D eigenvalue weighted by Crippen LogP contribution is -2.27. The molecule has 2 radical (unpaired) electrons. The van der Waals surface area contributed by atoms with Gasteiger partial charge < -0.3 is 26.0 Å². The average Bonchev–Trinajstić information content (AvgIpc) is 3.07. The van der Waals surface area contributed by atoms with E-state index in [0.717, 1.165) is 11.3 Å². The maximum atomic E-state index is 11.9. The van der Waals surface area contributed by atoms with Crippen LogP contribution >= 0.6 is 0 Å². The molecule has 1 atom stereocenters. The van der Waals surface area contributed by atoms with Crippen LogP contribution in [0.15, 0.2) is 36.5 Å². The van der Waals surface area contributed by atoms with Crippen molar-refractivity contribution < 1.29 is 9.90 Å². The van der Waals surface area contributed by atoms with Crippen LogP contribution in [-0.2, 0) is 11.3 Å². The predicted molar refractivity (Wildman–Crippen MR) is 119 cm³/mol. The topological polar surface area (TPSA) is 107 Å². The van der Waals surface area contributed by atoms with Crippen LogP contribution in [0.25, 0.3) is 5.65 Å². The summed E-state index contributed by atoms with van der Waals surface area (Å²) in [5, 5.41) is 22.9. The Morgan fingerprint density at radius 1 is 1.30 bits per heavy atom. The van der Waals surface area contributed by atoms with Crippen LogP contribution in [-0.4, -0.2) is 71.6 Å². The van der Waals surface area contributed by atoms with Crippen LogP contribution in [0.4, 0.5) is 17.3 Å². The number of hydrogen-bond donors (Lipinski definition) is 4. The van der Waals surface area contributed by atoms with Gasteiger partial charge in [0.05, 0.1) is 13.2 Å². The van der Waals surface area contributed by atoms with Crippen molar-refractivity contribution in [3.05, 3.63) is 42.1 Å². The summed E-state index contributed by atoms with van der Waals surface area (Å²) in [6.45, 7) is 2.72. The molecule has 0 bridgehead atoms. The molecule has 2 aromatic heterocycles. The van der Waals surface area contributed by atoms with E-state index in [9.17, 15) is 9.90 Å². The quantitative estimate of drug-likeness (QED) is 0.381. The summed E-state index contributed by atoms with van der Waals surface area (Å²) < 4.78 is 1.64. The van der Waals surface area contributed by atoms with Crippen LogP contribution in [0.2, 0.25) is 0 Å². The van der Waals surface area contributed by atoms with Crippen molar-refractivity contribution in [2.75, 3.05) is 43.2 Å². The summed E-state index contributed by atoms with van der Waals surface area (Å²) in [6.07, 6.45) is 1.55. The molecule has 10 heteroatoms. The van der Waals surface area contributed by atoms with Crippen molar-refractivity contribution in [2.24, 2.45) is 0 Å². The highest BCUT2D eigenvalue weighted by Gasteiger charge is 2.11. The number of likely N-dealkylation sites (N-methyl/N-ethyl adjacent to an activating group) is 1. The summed E-state index contributed by atoms with van der Waals surface area (Å²) >= 11 is 0. The second-order valence-corrected chi connectivity index (χ2v) is 7.43. The number of fused-ring (bicyclic) bond motifs is 1. The highest BCUT2D eigenvalue weighted by Crippen LogP contribution is 2.17. The molecule has 2 heterocycles. The minimum atomic E-state index is -0.146. The summed E-state index contributed by atoms with van der Waals surface area (Å²) in [5.41, 5.74) is 2.79. The standard InChI is InChI=1S/C20H26BN7O2/c1-13(12-29)24-17-8-18(28-20(26-17)16(21)10-23-28)22-9-14-4-6-15(7-5-14)25-19(30)11-27(2)3/h4-8,10,13,22,29H,9,11-12H2,1-3H3,(H,24,26)(H,25,30)/t13-/m1/s1. The first-order valence-electron chi connectivity index (χ1n) is 9.64. The SMILES string of the molecule is [B]c1cnn2c(NCc3ccc(NC(=O)CN(C)C)cc3)cc(N[C@H](C)CO)nc12. The van der Waals surface area contributed by atoms with E-state index in [1.807, 2.05) is 56.3 Å². The van der Waals surface area contributed by atoms with Crippen LogP contribution in [0.5, 0.6) is 0 Å². The van der Waals surface area contributed by atoms with Gasteiger partial charge in [-0.1, -0.05) is 12.1 Å². The molecule has 0 aliphatic rings. The zero-order valence-electron chi connectivity index (χ0n) is 17.4. The normalized spacial score (nSPS) is 12.2. The van der Waals surface area contributed by atoms with Crippen LogP contribution in [0.1, 0.15) is 12.5 Å². The number of carbonyl (C=O) groups is 1. The Kier molecular flexibility index (Phi) is 6.91. The van der Waals surface area contributed by atoms with Crippen molar-refractivity contribution in [3.63, 3.8) is 0 Å². The van der Waals surface area contributed by atoms with E-state index in [1.54, 1.807) is 10.7 Å². The maximum Gasteiger partial charge on any atom is 0.238 e. The van der Waals surface area contributed by atoms with Crippen molar-refractivity contribution >= 4 is 42.2 Å². The Morgan fingerprint density at radius 3 is 2.70 bits per heavy atom. The zero-order chi connectivity index (χ0) is 21.7. The van der Waals surface area contributed by atoms with Gasteiger partial charge in [0.25, 0.3) is 0 Å². The Hall–Kier alpha value is -3.11. The van der Waals surface area contributed by atoms with Crippen LogP contribution in [0.3, 0.4) is 0 Å². The molecule has 0 spiro atoms. The third kappa shape index (κ3) is 5.49. The molecule has 0 unspecified atom stereocenters. The van der Waals surface area contributed by atoms with Gasteiger partial charge in [-0.3, -0.25) is 4.79 Å². The Bertz CT molecular complexity index is 1000. The molecule has 1 amide bonds. The van der Waals surface area contributed by atoms with E-state index >= 15 is 0 Å². The number of aliphatic hydroxyl groups is 1. The van der Waals surface area contributed by atoms with Crippen LogP contribution in [0, 0.1) is 0 Å². The van der Waals surface area contributed by atoms with Gasteiger partial charge in [-0.15, -0.1) is 0 Å². The lowest BCUT2D eigenvalue weighted by molar-refractivity contribution is -0.116. The van der Waals surface area contributed by atoms with E-state index in [-0.39, 0.29) is 18.6 Å². The van der Waals surface area contributed by atoms with E-state index in [2.05, 4.69) is 26.0 Å². The predicted octanol–water partition coefficient (Wildman–Crippen LogP) is 0.428. The maximum absolute atomic E-state index is 11.9. The average molecular weight is 407 g/mol. The molecule has 1 aromatic carbocycles. The first kappa shape index (κ1) is 21.6. The van der Waals surface area contributed by atoms with Gasteiger partial charge in [0.15, 0.2) is 5.65 Å². The second kappa shape index (κ2) is 9.60. The van der Waals surface area contributed by atoms with Gasteiger partial charge >= 0.3 is 0 Å². The smallest absolute Gasteiger partial charge is 0.238 e. The summed E-state index contributed by atoms with van der Waals surface area (Å²) in [6, 6.07) is 9.30. The summed E-state index contributed by atoms with van der Waals surface area (Å²) in [7, 11) is 9.68. The minimum Gasteiger partial charge on any atom is -0.394 e. The lowest BCUT2D eigenvalue weighted by atomic mass is 10.0. The van der Waals surface area contributed by atoms with Crippen molar-refractivity contribution in [1.29, 1.82) is 0 Å². The number of benzene rings is 1. The molecule has 0 saturated heterocycles. The molecule has 0 fully saturated rings. The Balaban J connectivity index is 1.71. The van der Waals surface area contributed by atoms with Gasteiger partial charge in [-0.2, -0.15) is 9.61 Å². The molecule has 156 valence electrons. The van der Waals surface area contributed by atoms with Crippen molar-refractivity contribution in [3.8, 4) is 0 Å². The highest BCUT2D eigenvalue weighted by atomic mass is 16.3. The molecule has 0 aliphatic heterocycles. The molecular weight excluding hydrogens is 381 g/mol. The fourth-order valence-corrected chi connectivity index (χ4v) is 2.86. The fourth-order valence-electron chi connectivity index (χ4n) is 2.86. The van der Waals surface area contributed by atoms with Gasteiger partial charge in [-0.25, -0.2) is 4.98 Å². The first-order chi connectivity index (χ1) is 14.4. The molecule has 0 aliphatic carbocycles. The first-order valence-corrected chi connectivity index (χ1v) is 9.64. The number of anilines is 3. The summed E-state index contributed by atoms with van der Waals surface area (Å²) in [5.74, 6) is 1.25. The number of nitrogens with one attached hydrogen (secondary N) is 3. The minimum absolute atomic E-state index is 0.0121. The molecule has 3 aromatic rings. The third-order valence-corrected chi connectivity index (χ3v) is 4.34. The van der Waals surface area contributed by atoms with Gasteiger partial charge in [0.2, 0.25) is 5.91 Å². The molecular formula is C20H26BN7O2. The lowest BCUT2D eigenvalue weighted by Gasteiger charge is -2.15. The van der Waals surface area contributed by atoms with Crippen molar-refractivity contribution in [1.82, 2.24) is 19.5 Å². The number of amides is 1. The number of aliphatic hydroxyl groups excluding tert-OH is 1. The molecule has 30 heavy (non-hydrogen) atoms. The van der Waals surface area contributed by atoms with Crippen molar-refractivity contribution in [2.45, 2.75) is 19.5 Å².